The van der Waals surface area contributed by atoms with E-state index in [1.807, 2.05) is 6.07 Å². The lowest BCUT2D eigenvalue weighted by atomic mass is 10.0. The molecule has 0 fully saturated rings. The molecule has 2 N–H and O–H groups in total. The van der Waals surface area contributed by atoms with Gasteiger partial charge in [-0.15, -0.1) is 0 Å². The second-order valence-electron chi connectivity index (χ2n) is 6.30. The quantitative estimate of drug-likeness (QED) is 0.788. The summed E-state index contributed by atoms with van der Waals surface area (Å²) in [6, 6.07) is 16.8. The number of aromatic nitrogens is 2. The molecule has 0 spiro atoms. The van der Waals surface area contributed by atoms with Crippen molar-refractivity contribution in [3.8, 4) is 0 Å². The highest BCUT2D eigenvalue weighted by Crippen LogP contribution is 2.25. The van der Waals surface area contributed by atoms with Gasteiger partial charge in [0.05, 0.1) is 17.1 Å². The Bertz CT molecular complexity index is 786. The van der Waals surface area contributed by atoms with Gasteiger partial charge in [-0.2, -0.15) is 0 Å². The second kappa shape index (κ2) is 5.93. The number of benzene rings is 2. The molecule has 0 saturated carbocycles. The van der Waals surface area contributed by atoms with Crippen LogP contribution in [-0.2, 0) is 6.54 Å². The Kier molecular flexibility index (Phi) is 3.99. The van der Waals surface area contributed by atoms with Crippen LogP contribution in [0.25, 0.3) is 11.0 Å². The number of nitrogens with zero attached hydrogens (tertiary/aromatic N) is 2. The summed E-state index contributed by atoms with van der Waals surface area (Å²) in [5.74, 6) is 1.32. The summed E-state index contributed by atoms with van der Waals surface area (Å²) in [7, 11) is 0. The molecule has 0 bridgehead atoms. The van der Waals surface area contributed by atoms with Gasteiger partial charge in [0.15, 0.2) is 0 Å². The van der Waals surface area contributed by atoms with E-state index >= 15 is 0 Å². The van der Waals surface area contributed by atoms with E-state index in [9.17, 15) is 0 Å². The van der Waals surface area contributed by atoms with Crippen LogP contribution in [0.3, 0.4) is 0 Å². The van der Waals surface area contributed by atoms with Crippen molar-refractivity contribution in [3.63, 3.8) is 0 Å². The summed E-state index contributed by atoms with van der Waals surface area (Å²) < 4.78 is 2.26. The molecule has 114 valence electrons. The van der Waals surface area contributed by atoms with Gasteiger partial charge in [-0.1, -0.05) is 55.8 Å². The summed E-state index contributed by atoms with van der Waals surface area (Å²) >= 11 is 0. The first kappa shape index (κ1) is 14.8. The first-order chi connectivity index (χ1) is 10.6. The zero-order valence-corrected chi connectivity index (χ0v) is 13.5. The predicted molar refractivity (Wildman–Crippen MR) is 91.8 cm³/mol. The van der Waals surface area contributed by atoms with E-state index < -0.39 is 0 Å². The van der Waals surface area contributed by atoms with E-state index in [0.717, 1.165) is 23.4 Å². The van der Waals surface area contributed by atoms with E-state index in [1.165, 1.54) is 11.1 Å². The molecule has 0 radical (unpaired) electrons. The summed E-state index contributed by atoms with van der Waals surface area (Å²) in [6.07, 6.45) is 0. The van der Waals surface area contributed by atoms with E-state index in [1.54, 1.807) is 0 Å². The van der Waals surface area contributed by atoms with Crippen LogP contribution in [0.1, 0.15) is 36.8 Å². The van der Waals surface area contributed by atoms with Gasteiger partial charge in [0, 0.05) is 6.54 Å². The SMILES string of the molecule is Cc1cccc(Cn2c(C(N)C(C)C)nc3ccccc32)c1. The van der Waals surface area contributed by atoms with Crippen molar-refractivity contribution >= 4 is 11.0 Å². The average molecular weight is 293 g/mol. The van der Waals surface area contributed by atoms with Crippen LogP contribution in [0.4, 0.5) is 0 Å². The molecule has 3 aromatic rings. The molecule has 3 rings (SSSR count). The number of imidazole rings is 1. The Morgan fingerprint density at radius 1 is 1.09 bits per heavy atom. The van der Waals surface area contributed by atoms with Crippen molar-refractivity contribution in [1.82, 2.24) is 9.55 Å². The fourth-order valence-electron chi connectivity index (χ4n) is 2.81. The Labute approximate surface area is 131 Å². The maximum atomic E-state index is 6.40. The van der Waals surface area contributed by atoms with E-state index in [-0.39, 0.29) is 6.04 Å². The molecule has 1 aromatic heterocycles. The van der Waals surface area contributed by atoms with Crippen molar-refractivity contribution in [3.05, 3.63) is 65.5 Å². The van der Waals surface area contributed by atoms with Crippen LogP contribution in [0.2, 0.25) is 0 Å². The van der Waals surface area contributed by atoms with Crippen LogP contribution < -0.4 is 5.73 Å². The number of rotatable bonds is 4. The number of nitrogens with two attached hydrogens (primary N) is 1. The molecule has 1 atom stereocenters. The molecule has 3 nitrogen and oxygen atoms in total. The van der Waals surface area contributed by atoms with E-state index in [4.69, 9.17) is 10.7 Å². The summed E-state index contributed by atoms with van der Waals surface area (Å²) in [5.41, 5.74) is 11.1. The van der Waals surface area contributed by atoms with Crippen molar-refractivity contribution in [1.29, 1.82) is 0 Å². The zero-order chi connectivity index (χ0) is 15.7. The van der Waals surface area contributed by atoms with Gasteiger partial charge in [-0.05, 0) is 30.5 Å². The van der Waals surface area contributed by atoms with Crippen LogP contribution in [0.5, 0.6) is 0 Å². The molecule has 0 saturated heterocycles. The Morgan fingerprint density at radius 3 is 2.59 bits per heavy atom. The highest BCUT2D eigenvalue weighted by Gasteiger charge is 2.19. The van der Waals surface area contributed by atoms with Crippen molar-refractivity contribution < 1.29 is 0 Å². The van der Waals surface area contributed by atoms with Crippen LogP contribution in [0.15, 0.2) is 48.5 Å². The van der Waals surface area contributed by atoms with Crippen LogP contribution in [-0.4, -0.2) is 9.55 Å². The maximum absolute atomic E-state index is 6.40. The van der Waals surface area contributed by atoms with Gasteiger partial charge >= 0.3 is 0 Å². The maximum Gasteiger partial charge on any atom is 0.127 e. The summed E-state index contributed by atoms with van der Waals surface area (Å²) in [5, 5.41) is 0. The van der Waals surface area contributed by atoms with Gasteiger partial charge in [0.25, 0.3) is 0 Å². The first-order valence-corrected chi connectivity index (χ1v) is 7.82. The minimum Gasteiger partial charge on any atom is -0.322 e. The molecule has 2 aromatic carbocycles. The Balaban J connectivity index is 2.11. The zero-order valence-electron chi connectivity index (χ0n) is 13.5. The fourth-order valence-corrected chi connectivity index (χ4v) is 2.81. The molecule has 0 amide bonds. The Morgan fingerprint density at radius 2 is 1.86 bits per heavy atom. The number of fused-ring (bicyclic) bond motifs is 1. The van der Waals surface area contributed by atoms with Gasteiger partial charge in [-0.25, -0.2) is 4.98 Å². The minimum absolute atomic E-state index is 0.0581. The van der Waals surface area contributed by atoms with E-state index in [0.29, 0.717) is 5.92 Å². The molecule has 1 heterocycles. The van der Waals surface area contributed by atoms with Crippen molar-refractivity contribution in [2.24, 2.45) is 11.7 Å². The molecule has 0 aliphatic carbocycles. The number of hydrogen-bond acceptors (Lipinski definition) is 2. The number of aryl methyl sites for hydroxylation is 1. The summed E-state index contributed by atoms with van der Waals surface area (Å²) in [6.45, 7) is 7.20. The smallest absolute Gasteiger partial charge is 0.127 e. The van der Waals surface area contributed by atoms with Crippen LogP contribution in [0, 0.1) is 12.8 Å². The third-order valence-electron chi connectivity index (χ3n) is 4.12. The van der Waals surface area contributed by atoms with Gasteiger partial charge < -0.3 is 10.3 Å². The molecule has 22 heavy (non-hydrogen) atoms. The Hall–Kier alpha value is -2.13. The molecule has 3 heteroatoms. The first-order valence-electron chi connectivity index (χ1n) is 7.82. The van der Waals surface area contributed by atoms with Crippen molar-refractivity contribution in [2.45, 2.75) is 33.4 Å². The lowest BCUT2D eigenvalue weighted by molar-refractivity contribution is 0.475. The van der Waals surface area contributed by atoms with Gasteiger partial charge in [0.1, 0.15) is 5.82 Å². The standard InChI is InChI=1S/C19H23N3/c1-13(2)18(20)19-21-16-9-4-5-10-17(16)22(19)12-15-8-6-7-14(3)11-15/h4-11,13,18H,12,20H2,1-3H3. The largest absolute Gasteiger partial charge is 0.322 e. The lowest BCUT2D eigenvalue weighted by Crippen LogP contribution is -2.22. The average Bonchev–Trinajstić information content (AvgIpc) is 2.85. The molecule has 0 aliphatic heterocycles. The molecular formula is C19H23N3. The topological polar surface area (TPSA) is 43.8 Å². The monoisotopic (exact) mass is 293 g/mol. The third-order valence-corrected chi connectivity index (χ3v) is 4.12. The van der Waals surface area contributed by atoms with Gasteiger partial charge in [0.2, 0.25) is 0 Å². The predicted octanol–water partition coefficient (Wildman–Crippen LogP) is 4.05. The second-order valence-corrected chi connectivity index (χ2v) is 6.30. The van der Waals surface area contributed by atoms with E-state index in [2.05, 4.69) is 67.8 Å². The molecular weight excluding hydrogens is 270 g/mol. The minimum atomic E-state index is -0.0581. The number of para-hydroxylation sites is 2. The lowest BCUT2D eigenvalue weighted by Gasteiger charge is -2.18. The van der Waals surface area contributed by atoms with Gasteiger partial charge in [-0.3, -0.25) is 0 Å². The molecule has 0 aliphatic rings. The number of hydrogen-bond donors (Lipinski definition) is 1. The normalized spacial score (nSPS) is 13.0. The van der Waals surface area contributed by atoms with Crippen molar-refractivity contribution in [2.75, 3.05) is 0 Å². The summed E-state index contributed by atoms with van der Waals surface area (Å²) in [4.78, 5) is 4.79. The fraction of sp³-hybridized carbons (Fsp3) is 0.316. The third kappa shape index (κ3) is 2.77. The van der Waals surface area contributed by atoms with Crippen LogP contribution >= 0.6 is 0 Å². The highest BCUT2D eigenvalue weighted by atomic mass is 15.1. The highest BCUT2D eigenvalue weighted by molar-refractivity contribution is 5.76. The molecule has 1 unspecified atom stereocenters.